The number of hydrogen-bond donors (Lipinski definition) is 1. The maximum Gasteiger partial charge on any atom is 0.321 e. The van der Waals surface area contributed by atoms with Crippen molar-refractivity contribution in [3.05, 3.63) is 47.5 Å². The van der Waals surface area contributed by atoms with E-state index in [1.807, 2.05) is 7.05 Å². The molecule has 2 rings (SSSR count). The molecule has 18 heavy (non-hydrogen) atoms. The van der Waals surface area contributed by atoms with Crippen LogP contribution in [0.2, 0.25) is 0 Å². The van der Waals surface area contributed by atoms with Gasteiger partial charge < -0.3 is 10.1 Å². The van der Waals surface area contributed by atoms with Crippen molar-refractivity contribution in [3.8, 4) is 11.8 Å². The monoisotopic (exact) mass is 247 g/mol. The number of ether oxygens (including phenoxy) is 1. The van der Waals surface area contributed by atoms with Gasteiger partial charge >= 0.3 is 6.01 Å². The van der Waals surface area contributed by atoms with Gasteiger partial charge in [0.25, 0.3) is 0 Å². The van der Waals surface area contributed by atoms with Crippen molar-refractivity contribution in [3.63, 3.8) is 0 Å². The van der Waals surface area contributed by atoms with Crippen molar-refractivity contribution >= 4 is 0 Å². The van der Waals surface area contributed by atoms with Crippen molar-refractivity contribution in [2.75, 3.05) is 7.05 Å². The molecular weight excluding hydrogens is 233 g/mol. The molecule has 0 unspecified atom stereocenters. The van der Waals surface area contributed by atoms with Crippen LogP contribution in [0.4, 0.5) is 4.39 Å². The zero-order valence-electron chi connectivity index (χ0n) is 10.3. The van der Waals surface area contributed by atoms with E-state index in [0.29, 0.717) is 17.9 Å². The molecule has 0 radical (unpaired) electrons. The number of aryl methyl sites for hydroxylation is 1. The Morgan fingerprint density at radius 3 is 2.61 bits per heavy atom. The van der Waals surface area contributed by atoms with E-state index in [0.717, 1.165) is 5.56 Å². The first-order chi connectivity index (χ1) is 8.69. The molecule has 0 amide bonds. The summed E-state index contributed by atoms with van der Waals surface area (Å²) in [6.45, 7) is 2.48. The first-order valence-corrected chi connectivity index (χ1v) is 5.58. The minimum atomic E-state index is -0.287. The molecule has 1 aromatic carbocycles. The Morgan fingerprint density at radius 2 is 2.00 bits per heavy atom. The summed E-state index contributed by atoms with van der Waals surface area (Å²) in [5.41, 5.74) is 1.68. The Balaban J connectivity index is 2.13. The zero-order valence-corrected chi connectivity index (χ0v) is 10.3. The average Bonchev–Trinajstić information content (AvgIpc) is 2.35. The highest BCUT2D eigenvalue weighted by atomic mass is 19.1. The zero-order chi connectivity index (χ0) is 13.0. The molecule has 0 aliphatic carbocycles. The SMILES string of the molecule is CNCc1cnc(Oc2ccc(F)cc2C)nc1. The molecule has 5 heteroatoms. The Bertz CT molecular complexity index is 528. The number of nitrogens with one attached hydrogen (secondary N) is 1. The third-order valence-electron chi connectivity index (χ3n) is 2.40. The van der Waals surface area contributed by atoms with E-state index in [1.54, 1.807) is 25.4 Å². The second kappa shape index (κ2) is 5.55. The second-order valence-corrected chi connectivity index (χ2v) is 3.92. The van der Waals surface area contributed by atoms with Gasteiger partial charge in [-0.3, -0.25) is 0 Å². The van der Waals surface area contributed by atoms with E-state index in [2.05, 4.69) is 15.3 Å². The molecule has 1 heterocycles. The fourth-order valence-electron chi connectivity index (χ4n) is 1.52. The summed E-state index contributed by atoms with van der Waals surface area (Å²) < 4.78 is 18.4. The van der Waals surface area contributed by atoms with Crippen LogP contribution < -0.4 is 10.1 Å². The van der Waals surface area contributed by atoms with Gasteiger partial charge in [-0.1, -0.05) is 0 Å². The molecule has 0 saturated carbocycles. The number of hydrogen-bond acceptors (Lipinski definition) is 4. The topological polar surface area (TPSA) is 47.0 Å². The van der Waals surface area contributed by atoms with E-state index in [9.17, 15) is 4.39 Å². The van der Waals surface area contributed by atoms with E-state index >= 15 is 0 Å². The first kappa shape index (κ1) is 12.4. The number of rotatable bonds is 4. The summed E-state index contributed by atoms with van der Waals surface area (Å²) in [4.78, 5) is 8.18. The molecule has 0 spiro atoms. The molecule has 0 aliphatic rings. The molecular formula is C13H14FN3O. The minimum absolute atomic E-state index is 0.254. The Kier molecular flexibility index (Phi) is 3.84. The van der Waals surface area contributed by atoms with Crippen LogP contribution in [0.3, 0.4) is 0 Å². The fraction of sp³-hybridized carbons (Fsp3) is 0.231. The molecule has 1 N–H and O–H groups in total. The minimum Gasteiger partial charge on any atom is -0.424 e. The number of nitrogens with zero attached hydrogens (tertiary/aromatic N) is 2. The third kappa shape index (κ3) is 3.01. The lowest BCUT2D eigenvalue weighted by Crippen LogP contribution is -2.06. The lowest BCUT2D eigenvalue weighted by atomic mass is 10.2. The smallest absolute Gasteiger partial charge is 0.321 e. The van der Waals surface area contributed by atoms with Crippen molar-refractivity contribution in [1.82, 2.24) is 15.3 Å². The Morgan fingerprint density at radius 1 is 1.28 bits per heavy atom. The van der Waals surface area contributed by atoms with Gasteiger partial charge in [-0.05, 0) is 37.7 Å². The highest BCUT2D eigenvalue weighted by molar-refractivity contribution is 5.34. The Labute approximate surface area is 105 Å². The maximum absolute atomic E-state index is 12.9. The van der Waals surface area contributed by atoms with Gasteiger partial charge in [0, 0.05) is 24.5 Å². The van der Waals surface area contributed by atoms with Crippen LogP contribution in [0.5, 0.6) is 11.8 Å². The highest BCUT2D eigenvalue weighted by Crippen LogP contribution is 2.22. The highest BCUT2D eigenvalue weighted by Gasteiger charge is 2.04. The van der Waals surface area contributed by atoms with Gasteiger partial charge in [0.1, 0.15) is 11.6 Å². The molecule has 0 atom stereocenters. The van der Waals surface area contributed by atoms with Gasteiger partial charge in [-0.25, -0.2) is 14.4 Å². The summed E-state index contributed by atoms with van der Waals surface area (Å²) in [5, 5.41) is 3.01. The number of aromatic nitrogens is 2. The van der Waals surface area contributed by atoms with Crippen LogP contribution >= 0.6 is 0 Å². The molecule has 94 valence electrons. The van der Waals surface area contributed by atoms with Crippen molar-refractivity contribution in [1.29, 1.82) is 0 Å². The average molecular weight is 247 g/mol. The van der Waals surface area contributed by atoms with E-state index in [-0.39, 0.29) is 11.8 Å². The summed E-state index contributed by atoms with van der Waals surface area (Å²) >= 11 is 0. The van der Waals surface area contributed by atoms with Gasteiger partial charge in [0.2, 0.25) is 0 Å². The van der Waals surface area contributed by atoms with Gasteiger partial charge in [-0.2, -0.15) is 0 Å². The van der Waals surface area contributed by atoms with E-state index < -0.39 is 0 Å². The lowest BCUT2D eigenvalue weighted by molar-refractivity contribution is 0.436. The van der Waals surface area contributed by atoms with Crippen LogP contribution in [0.15, 0.2) is 30.6 Å². The number of benzene rings is 1. The molecule has 0 saturated heterocycles. The standard InChI is InChI=1S/C13H14FN3O/c1-9-5-11(14)3-4-12(9)18-13-16-7-10(6-15-2)8-17-13/h3-5,7-8,15H,6H2,1-2H3. The van der Waals surface area contributed by atoms with E-state index in [1.165, 1.54) is 12.1 Å². The van der Waals surface area contributed by atoms with Gasteiger partial charge in [0.05, 0.1) is 0 Å². The lowest BCUT2D eigenvalue weighted by Gasteiger charge is -2.07. The predicted octanol–water partition coefficient (Wildman–Crippen LogP) is 2.44. The van der Waals surface area contributed by atoms with Crippen LogP contribution in [0.25, 0.3) is 0 Å². The summed E-state index contributed by atoms with van der Waals surface area (Å²) in [5.74, 6) is 0.267. The maximum atomic E-state index is 12.9. The summed E-state index contributed by atoms with van der Waals surface area (Å²) in [6.07, 6.45) is 3.38. The third-order valence-corrected chi connectivity index (χ3v) is 2.40. The molecule has 2 aromatic rings. The van der Waals surface area contributed by atoms with E-state index in [4.69, 9.17) is 4.74 Å². The molecule has 0 aliphatic heterocycles. The molecule has 0 fully saturated rings. The van der Waals surface area contributed by atoms with Crippen molar-refractivity contribution < 1.29 is 9.13 Å². The quantitative estimate of drug-likeness (QED) is 0.901. The van der Waals surface area contributed by atoms with Crippen molar-refractivity contribution in [2.24, 2.45) is 0 Å². The summed E-state index contributed by atoms with van der Waals surface area (Å²) in [6, 6.07) is 4.57. The Hall–Kier alpha value is -2.01. The largest absolute Gasteiger partial charge is 0.424 e. The fourth-order valence-corrected chi connectivity index (χ4v) is 1.52. The normalized spacial score (nSPS) is 10.4. The van der Waals surface area contributed by atoms with Gasteiger partial charge in [0.15, 0.2) is 0 Å². The first-order valence-electron chi connectivity index (χ1n) is 5.58. The van der Waals surface area contributed by atoms with Crippen LogP contribution in [-0.2, 0) is 6.54 Å². The molecule has 1 aromatic heterocycles. The second-order valence-electron chi connectivity index (χ2n) is 3.92. The molecule has 0 bridgehead atoms. The predicted molar refractivity (Wildman–Crippen MR) is 66.0 cm³/mol. The summed E-state index contributed by atoms with van der Waals surface area (Å²) in [7, 11) is 1.85. The van der Waals surface area contributed by atoms with Crippen LogP contribution in [-0.4, -0.2) is 17.0 Å². The number of halogens is 1. The van der Waals surface area contributed by atoms with Crippen LogP contribution in [0.1, 0.15) is 11.1 Å². The van der Waals surface area contributed by atoms with Gasteiger partial charge in [-0.15, -0.1) is 0 Å². The van der Waals surface area contributed by atoms with Crippen molar-refractivity contribution in [2.45, 2.75) is 13.5 Å². The molecule has 4 nitrogen and oxygen atoms in total. The van der Waals surface area contributed by atoms with Crippen LogP contribution in [0, 0.1) is 12.7 Å².